The number of nitrogens with zero attached hydrogens (tertiary/aromatic N) is 1. The molecule has 0 unspecified atom stereocenters. The van der Waals surface area contributed by atoms with E-state index in [2.05, 4.69) is 24.4 Å². The van der Waals surface area contributed by atoms with Crippen LogP contribution in [0, 0.1) is 6.92 Å². The van der Waals surface area contributed by atoms with Gasteiger partial charge in [-0.2, -0.15) is 11.8 Å². The van der Waals surface area contributed by atoms with Crippen molar-refractivity contribution in [3.8, 4) is 0 Å². The first-order valence-electron chi connectivity index (χ1n) is 9.70. The molecule has 3 aromatic carbocycles. The molecule has 7 heteroatoms. The SMILES string of the molecule is Cc1ccccc1CSCCNC(=O)CN(c1cccc2ccccc12)S(C)(=O)=O. The van der Waals surface area contributed by atoms with Gasteiger partial charge in [-0.15, -0.1) is 0 Å². The lowest BCUT2D eigenvalue weighted by atomic mass is 10.1. The lowest BCUT2D eigenvalue weighted by Gasteiger charge is -2.23. The van der Waals surface area contributed by atoms with Crippen molar-refractivity contribution in [3.63, 3.8) is 0 Å². The largest absolute Gasteiger partial charge is 0.354 e. The third-order valence-electron chi connectivity index (χ3n) is 4.81. The van der Waals surface area contributed by atoms with Gasteiger partial charge in [0.15, 0.2) is 0 Å². The molecule has 3 aromatic rings. The Bertz CT molecular complexity index is 1120. The Morgan fingerprint density at radius 3 is 2.47 bits per heavy atom. The number of sulfonamides is 1. The van der Waals surface area contributed by atoms with Gasteiger partial charge in [-0.3, -0.25) is 9.10 Å². The topological polar surface area (TPSA) is 66.5 Å². The number of rotatable bonds is 9. The second-order valence-electron chi connectivity index (χ2n) is 7.10. The maximum atomic E-state index is 12.5. The Kier molecular flexibility index (Phi) is 7.39. The van der Waals surface area contributed by atoms with Gasteiger partial charge in [-0.25, -0.2) is 8.42 Å². The van der Waals surface area contributed by atoms with E-state index in [-0.39, 0.29) is 12.5 Å². The highest BCUT2D eigenvalue weighted by atomic mass is 32.2. The van der Waals surface area contributed by atoms with Crippen LogP contribution >= 0.6 is 11.8 Å². The summed E-state index contributed by atoms with van der Waals surface area (Å²) < 4.78 is 26.0. The molecule has 0 aliphatic heterocycles. The highest BCUT2D eigenvalue weighted by Crippen LogP contribution is 2.28. The average molecular weight is 443 g/mol. The van der Waals surface area contributed by atoms with Crippen LogP contribution in [0.15, 0.2) is 66.7 Å². The van der Waals surface area contributed by atoms with Crippen molar-refractivity contribution >= 4 is 44.2 Å². The Balaban J connectivity index is 1.59. The Labute approximate surface area is 182 Å². The molecule has 0 spiro atoms. The molecule has 0 atom stereocenters. The van der Waals surface area contributed by atoms with Crippen molar-refractivity contribution < 1.29 is 13.2 Å². The minimum absolute atomic E-state index is 0.241. The summed E-state index contributed by atoms with van der Waals surface area (Å²) >= 11 is 1.74. The zero-order valence-electron chi connectivity index (χ0n) is 17.2. The number of aryl methyl sites for hydroxylation is 1. The second kappa shape index (κ2) is 10.00. The molecule has 5 nitrogen and oxygen atoms in total. The maximum absolute atomic E-state index is 12.5. The molecule has 0 saturated heterocycles. The summed E-state index contributed by atoms with van der Waals surface area (Å²) in [5.41, 5.74) is 3.06. The molecule has 0 heterocycles. The molecule has 30 heavy (non-hydrogen) atoms. The Morgan fingerprint density at radius 1 is 1.00 bits per heavy atom. The number of benzene rings is 3. The smallest absolute Gasteiger partial charge is 0.240 e. The first kappa shape index (κ1) is 22.2. The molecule has 0 bridgehead atoms. The lowest BCUT2D eigenvalue weighted by Crippen LogP contribution is -2.41. The van der Waals surface area contributed by atoms with Crippen LogP contribution in [0.25, 0.3) is 10.8 Å². The summed E-state index contributed by atoms with van der Waals surface area (Å²) in [6, 6.07) is 21.2. The van der Waals surface area contributed by atoms with Gasteiger partial charge in [0.2, 0.25) is 15.9 Å². The molecule has 0 aliphatic rings. The van der Waals surface area contributed by atoms with Crippen molar-refractivity contribution in [1.29, 1.82) is 0 Å². The highest BCUT2D eigenvalue weighted by Gasteiger charge is 2.22. The van der Waals surface area contributed by atoms with Crippen molar-refractivity contribution in [2.24, 2.45) is 0 Å². The van der Waals surface area contributed by atoms with Gasteiger partial charge >= 0.3 is 0 Å². The molecule has 3 rings (SSSR count). The van der Waals surface area contributed by atoms with E-state index in [1.807, 2.05) is 42.5 Å². The van der Waals surface area contributed by atoms with Crippen LogP contribution in [0.3, 0.4) is 0 Å². The quantitative estimate of drug-likeness (QED) is 0.510. The molecule has 158 valence electrons. The van der Waals surface area contributed by atoms with Gasteiger partial charge in [-0.05, 0) is 29.5 Å². The maximum Gasteiger partial charge on any atom is 0.240 e. The number of carbonyl (C=O) groups is 1. The summed E-state index contributed by atoms with van der Waals surface area (Å²) in [4.78, 5) is 12.5. The van der Waals surface area contributed by atoms with Crippen LogP contribution in [0.2, 0.25) is 0 Å². The summed E-state index contributed by atoms with van der Waals surface area (Å²) in [7, 11) is -3.61. The number of fused-ring (bicyclic) bond motifs is 1. The predicted octanol–water partition coefficient (Wildman–Crippen LogP) is 3.96. The van der Waals surface area contributed by atoms with E-state index in [9.17, 15) is 13.2 Å². The third kappa shape index (κ3) is 5.77. The van der Waals surface area contributed by atoms with E-state index in [1.54, 1.807) is 23.9 Å². The van der Waals surface area contributed by atoms with Crippen LogP contribution in [-0.4, -0.2) is 39.4 Å². The molecule has 0 fully saturated rings. The second-order valence-corrected chi connectivity index (χ2v) is 10.1. The molecule has 0 radical (unpaired) electrons. The molecule has 1 amide bonds. The van der Waals surface area contributed by atoms with E-state index in [1.165, 1.54) is 15.4 Å². The number of carbonyl (C=O) groups excluding carboxylic acids is 1. The molecular formula is C23H26N2O3S2. The van der Waals surface area contributed by atoms with Gasteiger partial charge in [0.25, 0.3) is 0 Å². The molecule has 0 aromatic heterocycles. The lowest BCUT2D eigenvalue weighted by molar-refractivity contribution is -0.119. The minimum atomic E-state index is -3.61. The first-order valence-corrected chi connectivity index (χ1v) is 12.7. The normalized spacial score (nSPS) is 11.4. The number of hydrogen-bond donors (Lipinski definition) is 1. The number of anilines is 1. The molecule has 0 aliphatic carbocycles. The van der Waals surface area contributed by atoms with Crippen LogP contribution in [0.5, 0.6) is 0 Å². The fourth-order valence-electron chi connectivity index (χ4n) is 3.21. The van der Waals surface area contributed by atoms with E-state index in [4.69, 9.17) is 0 Å². The fourth-order valence-corrected chi connectivity index (χ4v) is 5.01. The van der Waals surface area contributed by atoms with Gasteiger partial charge < -0.3 is 5.32 Å². The minimum Gasteiger partial charge on any atom is -0.354 e. The van der Waals surface area contributed by atoms with Crippen molar-refractivity contribution in [2.75, 3.05) is 29.4 Å². The molecular weight excluding hydrogens is 416 g/mol. The summed E-state index contributed by atoms with van der Waals surface area (Å²) in [6.07, 6.45) is 1.13. The monoisotopic (exact) mass is 442 g/mol. The zero-order valence-corrected chi connectivity index (χ0v) is 18.8. The van der Waals surface area contributed by atoms with E-state index >= 15 is 0 Å². The third-order valence-corrected chi connectivity index (χ3v) is 6.94. The van der Waals surface area contributed by atoms with Crippen molar-refractivity contribution in [3.05, 3.63) is 77.9 Å². The average Bonchev–Trinajstić information content (AvgIpc) is 2.72. The summed E-state index contributed by atoms with van der Waals surface area (Å²) in [5.74, 6) is 1.33. The van der Waals surface area contributed by atoms with E-state index < -0.39 is 10.0 Å². The Hall–Kier alpha value is -2.51. The van der Waals surface area contributed by atoms with Crippen LogP contribution < -0.4 is 9.62 Å². The summed E-state index contributed by atoms with van der Waals surface area (Å²) in [5, 5.41) is 4.56. The predicted molar refractivity (Wildman–Crippen MR) is 126 cm³/mol. The van der Waals surface area contributed by atoms with Crippen LogP contribution in [0.4, 0.5) is 5.69 Å². The van der Waals surface area contributed by atoms with Crippen LogP contribution in [0.1, 0.15) is 11.1 Å². The number of hydrogen-bond acceptors (Lipinski definition) is 4. The van der Waals surface area contributed by atoms with E-state index in [0.29, 0.717) is 12.2 Å². The number of amides is 1. The number of nitrogens with one attached hydrogen (secondary N) is 1. The zero-order chi connectivity index (χ0) is 21.6. The van der Waals surface area contributed by atoms with Gasteiger partial charge in [0.05, 0.1) is 11.9 Å². The van der Waals surface area contributed by atoms with Gasteiger partial charge in [0.1, 0.15) is 6.54 Å². The first-order chi connectivity index (χ1) is 14.4. The summed E-state index contributed by atoms with van der Waals surface area (Å²) in [6.45, 7) is 2.34. The van der Waals surface area contributed by atoms with E-state index in [0.717, 1.165) is 28.5 Å². The number of thioether (sulfide) groups is 1. The van der Waals surface area contributed by atoms with Crippen molar-refractivity contribution in [1.82, 2.24) is 5.32 Å². The van der Waals surface area contributed by atoms with Crippen molar-refractivity contribution in [2.45, 2.75) is 12.7 Å². The van der Waals surface area contributed by atoms with Crippen LogP contribution in [-0.2, 0) is 20.6 Å². The fraction of sp³-hybridized carbons (Fsp3) is 0.261. The molecule has 1 N–H and O–H groups in total. The highest BCUT2D eigenvalue weighted by molar-refractivity contribution is 7.98. The Morgan fingerprint density at radius 2 is 1.70 bits per heavy atom. The van der Waals surface area contributed by atoms with Gasteiger partial charge in [-0.1, -0.05) is 60.7 Å². The van der Waals surface area contributed by atoms with Gasteiger partial charge in [0, 0.05) is 23.4 Å². The molecule has 0 saturated carbocycles. The standard InChI is InChI=1S/C23H26N2O3S2/c1-18-8-3-4-10-20(18)17-29-15-14-24-23(26)16-25(30(2,27)28)22-13-7-11-19-9-5-6-12-21(19)22/h3-13H,14-17H2,1-2H3,(H,24,26).